The lowest BCUT2D eigenvalue weighted by atomic mass is 9.95. The molecule has 0 atom stereocenters. The third-order valence-electron chi connectivity index (χ3n) is 9.26. The van der Waals surface area contributed by atoms with Crippen LogP contribution >= 0.6 is 0 Å². The van der Waals surface area contributed by atoms with Gasteiger partial charge in [0.1, 0.15) is 11.2 Å². The summed E-state index contributed by atoms with van der Waals surface area (Å²) in [7, 11) is 0. The van der Waals surface area contributed by atoms with Gasteiger partial charge in [-0.3, -0.25) is 0 Å². The molecule has 0 bridgehead atoms. The fraction of sp³-hybridized carbons (Fsp3) is 0. The van der Waals surface area contributed by atoms with Crippen LogP contribution in [0.4, 0.5) is 17.1 Å². The molecule has 0 radical (unpaired) electrons. The van der Waals surface area contributed by atoms with Crippen LogP contribution in [0.25, 0.3) is 66.1 Å². The van der Waals surface area contributed by atoms with Crippen molar-refractivity contribution in [2.45, 2.75) is 0 Å². The van der Waals surface area contributed by atoms with Crippen LogP contribution in [0, 0.1) is 0 Å². The van der Waals surface area contributed by atoms with Crippen molar-refractivity contribution in [1.82, 2.24) is 0 Å². The Morgan fingerprint density at radius 1 is 0.333 bits per heavy atom. The summed E-state index contributed by atoms with van der Waals surface area (Å²) in [5.74, 6) is 0. The van der Waals surface area contributed by atoms with E-state index in [0.29, 0.717) is 0 Å². The molecule has 0 unspecified atom stereocenters. The first-order valence-electron chi connectivity index (χ1n) is 16.4. The maximum atomic E-state index is 6.89. The summed E-state index contributed by atoms with van der Waals surface area (Å²) in [6.07, 6.45) is 0. The highest BCUT2D eigenvalue weighted by Gasteiger charge is 2.19. The zero-order valence-electron chi connectivity index (χ0n) is 26.3. The Kier molecular flexibility index (Phi) is 6.84. The molecule has 0 aliphatic carbocycles. The van der Waals surface area contributed by atoms with Gasteiger partial charge in [-0.15, -0.1) is 0 Å². The van der Waals surface area contributed by atoms with Gasteiger partial charge in [0, 0.05) is 39.0 Å². The molecule has 2 heteroatoms. The number of benzene rings is 8. The van der Waals surface area contributed by atoms with Crippen molar-refractivity contribution in [3.05, 3.63) is 188 Å². The Morgan fingerprint density at radius 3 is 1.54 bits per heavy atom. The second-order valence-corrected chi connectivity index (χ2v) is 12.1. The summed E-state index contributed by atoms with van der Waals surface area (Å²) in [6, 6.07) is 66.6. The van der Waals surface area contributed by atoms with E-state index in [9.17, 15) is 0 Å². The van der Waals surface area contributed by atoms with Crippen molar-refractivity contribution in [1.29, 1.82) is 0 Å². The molecular formula is C46H31NO. The van der Waals surface area contributed by atoms with Crippen molar-refractivity contribution in [2.24, 2.45) is 0 Å². The highest BCUT2D eigenvalue weighted by Crippen LogP contribution is 2.44. The molecule has 0 amide bonds. The van der Waals surface area contributed by atoms with E-state index in [1.165, 1.54) is 21.9 Å². The summed E-state index contributed by atoms with van der Waals surface area (Å²) in [5, 5.41) is 4.66. The minimum absolute atomic E-state index is 0.907. The molecule has 1 aromatic heterocycles. The van der Waals surface area contributed by atoms with Gasteiger partial charge in [0.05, 0.1) is 0 Å². The smallest absolute Gasteiger partial charge is 0.143 e. The lowest BCUT2D eigenvalue weighted by Crippen LogP contribution is -2.09. The molecule has 9 rings (SSSR count). The van der Waals surface area contributed by atoms with Crippen molar-refractivity contribution in [3.8, 4) is 33.4 Å². The zero-order chi connectivity index (χ0) is 31.9. The van der Waals surface area contributed by atoms with Crippen LogP contribution in [-0.2, 0) is 0 Å². The molecule has 2 nitrogen and oxygen atoms in total. The number of para-hydroxylation sites is 2. The lowest BCUT2D eigenvalue weighted by Gasteiger charge is -2.26. The van der Waals surface area contributed by atoms with Crippen LogP contribution < -0.4 is 4.90 Å². The van der Waals surface area contributed by atoms with E-state index in [0.717, 1.165) is 61.3 Å². The third-order valence-corrected chi connectivity index (χ3v) is 9.26. The number of anilines is 3. The average Bonchev–Trinajstić information content (AvgIpc) is 3.54. The van der Waals surface area contributed by atoms with Crippen LogP contribution in [-0.4, -0.2) is 0 Å². The second-order valence-electron chi connectivity index (χ2n) is 12.1. The molecule has 0 aliphatic heterocycles. The standard InChI is InChI=1S/C46H31NO/c1-4-13-32(14-5-1)33-23-27-38(28-24-33)47(37-18-8-3-9-19-37)39-29-25-34(26-30-39)41-21-12-22-42-43-31-36-17-10-11-20-40(36)44(46(43)48-45(41)42)35-15-6-2-7-16-35/h1-31H. The molecule has 48 heavy (non-hydrogen) atoms. The number of hydrogen-bond acceptors (Lipinski definition) is 2. The van der Waals surface area contributed by atoms with Crippen molar-refractivity contribution in [3.63, 3.8) is 0 Å². The van der Waals surface area contributed by atoms with E-state index < -0.39 is 0 Å². The quantitative estimate of drug-likeness (QED) is 0.185. The minimum Gasteiger partial charge on any atom is -0.455 e. The first-order valence-corrected chi connectivity index (χ1v) is 16.4. The molecule has 0 aliphatic rings. The van der Waals surface area contributed by atoms with Gasteiger partial charge in [-0.2, -0.15) is 0 Å². The Labute approximate surface area is 279 Å². The first kappa shape index (κ1) is 27.9. The fourth-order valence-electron chi connectivity index (χ4n) is 6.96. The van der Waals surface area contributed by atoms with Gasteiger partial charge >= 0.3 is 0 Å². The van der Waals surface area contributed by atoms with Crippen molar-refractivity contribution >= 4 is 49.8 Å². The monoisotopic (exact) mass is 613 g/mol. The largest absolute Gasteiger partial charge is 0.455 e. The molecule has 1 heterocycles. The molecule has 0 N–H and O–H groups in total. The maximum absolute atomic E-state index is 6.89. The van der Waals surface area contributed by atoms with Gasteiger partial charge < -0.3 is 9.32 Å². The molecule has 0 spiro atoms. The van der Waals surface area contributed by atoms with E-state index in [2.05, 4.69) is 193 Å². The van der Waals surface area contributed by atoms with Gasteiger partial charge in [-0.1, -0.05) is 146 Å². The molecule has 0 saturated heterocycles. The van der Waals surface area contributed by atoms with Gasteiger partial charge in [0.2, 0.25) is 0 Å². The number of rotatable bonds is 6. The van der Waals surface area contributed by atoms with Crippen LogP contribution in [0.2, 0.25) is 0 Å². The lowest BCUT2D eigenvalue weighted by molar-refractivity contribution is 0.671. The SMILES string of the molecule is c1ccc(-c2ccc(N(c3ccccc3)c3ccc(-c4cccc5c4oc4c(-c6ccccc6)c6ccccc6cc45)cc3)cc2)cc1. The number of nitrogens with zero attached hydrogens (tertiary/aromatic N) is 1. The minimum atomic E-state index is 0.907. The molecule has 9 aromatic rings. The summed E-state index contributed by atoms with van der Waals surface area (Å²) in [6.45, 7) is 0. The fourth-order valence-corrected chi connectivity index (χ4v) is 6.96. The van der Waals surface area contributed by atoms with Gasteiger partial charge in [0.25, 0.3) is 0 Å². The third kappa shape index (κ3) is 4.83. The van der Waals surface area contributed by atoms with Crippen molar-refractivity contribution < 1.29 is 4.42 Å². The molecule has 8 aromatic carbocycles. The van der Waals surface area contributed by atoms with E-state index in [-0.39, 0.29) is 0 Å². The van der Waals surface area contributed by atoms with E-state index in [1.54, 1.807) is 0 Å². The highest BCUT2D eigenvalue weighted by atomic mass is 16.3. The summed E-state index contributed by atoms with van der Waals surface area (Å²) >= 11 is 0. The Balaban J connectivity index is 1.15. The highest BCUT2D eigenvalue weighted by molar-refractivity contribution is 6.19. The summed E-state index contributed by atoms with van der Waals surface area (Å²) < 4.78 is 6.89. The van der Waals surface area contributed by atoms with Crippen LogP contribution in [0.3, 0.4) is 0 Å². The molecule has 226 valence electrons. The normalized spacial score (nSPS) is 11.3. The number of hydrogen-bond donors (Lipinski definition) is 0. The number of furan rings is 1. The van der Waals surface area contributed by atoms with Crippen LogP contribution in [0.15, 0.2) is 192 Å². The Hall–Kier alpha value is -6.38. The molecular weight excluding hydrogens is 583 g/mol. The Bertz CT molecular complexity index is 2520. The Morgan fingerprint density at radius 2 is 0.854 bits per heavy atom. The summed E-state index contributed by atoms with van der Waals surface area (Å²) in [4.78, 5) is 2.30. The zero-order valence-corrected chi connectivity index (χ0v) is 26.3. The topological polar surface area (TPSA) is 16.4 Å². The predicted molar refractivity (Wildman–Crippen MR) is 202 cm³/mol. The predicted octanol–water partition coefficient (Wildman–Crippen LogP) is 13.2. The average molecular weight is 614 g/mol. The van der Waals surface area contributed by atoms with Crippen LogP contribution in [0.1, 0.15) is 0 Å². The first-order chi connectivity index (χ1) is 23.8. The summed E-state index contributed by atoms with van der Waals surface area (Å²) in [5.41, 5.74) is 12.0. The van der Waals surface area contributed by atoms with Gasteiger partial charge in [-0.25, -0.2) is 0 Å². The van der Waals surface area contributed by atoms with E-state index in [4.69, 9.17) is 4.42 Å². The second kappa shape index (κ2) is 11.8. The van der Waals surface area contributed by atoms with Gasteiger partial charge in [-0.05, 0) is 75.5 Å². The van der Waals surface area contributed by atoms with E-state index in [1.807, 2.05) is 0 Å². The maximum Gasteiger partial charge on any atom is 0.143 e. The molecule has 0 saturated carbocycles. The number of fused-ring (bicyclic) bond motifs is 4. The van der Waals surface area contributed by atoms with Gasteiger partial charge in [0.15, 0.2) is 0 Å². The molecule has 0 fully saturated rings. The van der Waals surface area contributed by atoms with E-state index >= 15 is 0 Å². The van der Waals surface area contributed by atoms with Crippen LogP contribution in [0.5, 0.6) is 0 Å². The van der Waals surface area contributed by atoms with Crippen molar-refractivity contribution in [2.75, 3.05) is 4.90 Å².